The highest BCUT2D eigenvalue weighted by Crippen LogP contribution is 2.26. The second-order valence-electron chi connectivity index (χ2n) is 6.60. The molecule has 0 aliphatic carbocycles. The molecule has 0 aromatic carbocycles. The summed E-state index contributed by atoms with van der Waals surface area (Å²) >= 11 is 0. The largest absolute Gasteiger partial charge is 0.362 e. The highest BCUT2D eigenvalue weighted by Gasteiger charge is 2.15. The van der Waals surface area contributed by atoms with Crippen LogP contribution in [0.3, 0.4) is 0 Å². The molecule has 1 unspecified atom stereocenters. The Morgan fingerprint density at radius 1 is 0.783 bits per heavy atom. The van der Waals surface area contributed by atoms with Crippen molar-refractivity contribution in [2.75, 3.05) is 0 Å². The predicted octanol–water partition coefficient (Wildman–Crippen LogP) is 7.64. The van der Waals surface area contributed by atoms with E-state index in [1.165, 1.54) is 83.5 Å². The van der Waals surface area contributed by atoms with E-state index in [0.717, 1.165) is 5.76 Å². The van der Waals surface area contributed by atoms with Gasteiger partial charge in [0, 0.05) is 12.1 Å². The summed E-state index contributed by atoms with van der Waals surface area (Å²) in [6.07, 6.45) is 21.2. The molecule has 0 aliphatic heterocycles. The Kier molecular flexibility index (Phi) is 17.0. The topological polar surface area (TPSA) is 21.6 Å². The smallest absolute Gasteiger partial charge is 0.133 e. The van der Waals surface area contributed by atoms with Crippen molar-refractivity contribution in [2.45, 2.75) is 111 Å². The second-order valence-corrected chi connectivity index (χ2v) is 6.60. The first-order chi connectivity index (χ1) is 11.3. The number of hydrogen-bond acceptors (Lipinski definition) is 2. The van der Waals surface area contributed by atoms with Crippen molar-refractivity contribution in [3.63, 3.8) is 0 Å². The average molecular weight is 324 g/mol. The summed E-state index contributed by atoms with van der Waals surface area (Å²) in [7, 11) is 0. The Labute approximate surface area is 145 Å². The van der Waals surface area contributed by atoms with Crippen molar-refractivity contribution < 1.29 is 4.84 Å². The van der Waals surface area contributed by atoms with Gasteiger partial charge >= 0.3 is 0 Å². The van der Waals surface area contributed by atoms with Gasteiger partial charge in [-0.15, -0.1) is 0 Å². The Morgan fingerprint density at radius 3 is 1.70 bits per heavy atom. The van der Waals surface area contributed by atoms with Crippen molar-refractivity contribution in [3.8, 4) is 0 Å². The van der Waals surface area contributed by atoms with Gasteiger partial charge in [-0.2, -0.15) is 0 Å². The monoisotopic (exact) mass is 323 g/mol. The van der Waals surface area contributed by atoms with Gasteiger partial charge < -0.3 is 4.84 Å². The minimum atomic E-state index is 0.552. The molecule has 136 valence electrons. The Hall–Kier alpha value is -0.790. The van der Waals surface area contributed by atoms with Crippen LogP contribution in [-0.2, 0) is 4.84 Å². The molecule has 0 aliphatic rings. The molecule has 0 radical (unpaired) electrons. The van der Waals surface area contributed by atoms with Gasteiger partial charge in [0.1, 0.15) is 5.76 Å². The zero-order chi connectivity index (χ0) is 17.2. The molecule has 0 rings (SSSR count). The molecule has 2 heteroatoms. The highest BCUT2D eigenvalue weighted by molar-refractivity contribution is 5.52. The first-order valence-electron chi connectivity index (χ1n) is 10.1. The second kappa shape index (κ2) is 17.6. The van der Waals surface area contributed by atoms with Crippen molar-refractivity contribution in [3.05, 3.63) is 11.8 Å². The predicted molar refractivity (Wildman–Crippen MR) is 104 cm³/mol. The van der Waals surface area contributed by atoms with Gasteiger partial charge in [0.25, 0.3) is 0 Å². The summed E-state index contributed by atoms with van der Waals surface area (Å²) in [6, 6.07) is 0. The molecule has 0 aromatic rings. The van der Waals surface area contributed by atoms with Gasteiger partial charge in [0.05, 0.1) is 0 Å². The lowest BCUT2D eigenvalue weighted by Crippen LogP contribution is -2.06. The van der Waals surface area contributed by atoms with Crippen LogP contribution < -0.4 is 0 Å². The van der Waals surface area contributed by atoms with Crippen LogP contribution in [0.25, 0.3) is 0 Å². The Balaban J connectivity index is 4.19. The number of nitrogens with zero attached hydrogens (tertiary/aromatic N) is 1. The lowest BCUT2D eigenvalue weighted by Gasteiger charge is -2.18. The third-order valence-electron chi connectivity index (χ3n) is 4.51. The summed E-state index contributed by atoms with van der Waals surface area (Å²) in [5.74, 6) is 1.63. The molecule has 0 spiro atoms. The fourth-order valence-electron chi connectivity index (χ4n) is 3.07. The van der Waals surface area contributed by atoms with Gasteiger partial charge in [0.15, 0.2) is 0 Å². The van der Waals surface area contributed by atoms with E-state index in [0.29, 0.717) is 5.92 Å². The molecule has 23 heavy (non-hydrogen) atoms. The number of rotatable bonds is 16. The molecule has 0 saturated carbocycles. The van der Waals surface area contributed by atoms with Crippen molar-refractivity contribution in [2.24, 2.45) is 11.1 Å². The number of oxime groups is 1. The zero-order valence-corrected chi connectivity index (χ0v) is 16.3. The fourth-order valence-corrected chi connectivity index (χ4v) is 3.07. The van der Waals surface area contributed by atoms with E-state index in [1.54, 1.807) is 6.21 Å². The maximum Gasteiger partial charge on any atom is 0.133 e. The highest BCUT2D eigenvalue weighted by atomic mass is 16.6. The van der Waals surface area contributed by atoms with E-state index in [4.69, 9.17) is 4.84 Å². The summed E-state index contributed by atoms with van der Waals surface area (Å²) < 4.78 is 0. The Morgan fingerprint density at radius 2 is 1.26 bits per heavy atom. The zero-order valence-electron chi connectivity index (χ0n) is 16.3. The van der Waals surface area contributed by atoms with E-state index in [1.807, 2.05) is 6.92 Å². The molecular formula is C21H41NO. The van der Waals surface area contributed by atoms with Gasteiger partial charge in [0.2, 0.25) is 0 Å². The SMILES string of the molecule is C/C=N\O/C(=C\C)C(CCCCCCC)CCCCCCCC. The third kappa shape index (κ3) is 13.4. The van der Waals surface area contributed by atoms with Gasteiger partial charge in [-0.25, -0.2) is 0 Å². The number of allylic oxidation sites excluding steroid dienone is 2. The third-order valence-corrected chi connectivity index (χ3v) is 4.51. The lowest BCUT2D eigenvalue weighted by atomic mass is 9.92. The molecule has 0 fully saturated rings. The quantitative estimate of drug-likeness (QED) is 0.124. The first-order valence-corrected chi connectivity index (χ1v) is 10.1. The van der Waals surface area contributed by atoms with Crippen LogP contribution in [0.5, 0.6) is 0 Å². The van der Waals surface area contributed by atoms with E-state index < -0.39 is 0 Å². The molecule has 2 nitrogen and oxygen atoms in total. The standard InChI is InChI=1S/C21H41NO/c1-5-9-11-13-15-17-19-20(18-16-14-12-10-6-2)21(7-3)23-22-8-4/h7-8,20H,5-6,9-19H2,1-4H3/b21-7-,22-8-. The summed E-state index contributed by atoms with van der Waals surface area (Å²) in [5, 5.41) is 4.00. The Bertz CT molecular complexity index is 296. The van der Waals surface area contributed by atoms with Crippen LogP contribution in [0.2, 0.25) is 0 Å². The molecule has 0 heterocycles. The van der Waals surface area contributed by atoms with Crippen LogP contribution in [0.1, 0.15) is 111 Å². The van der Waals surface area contributed by atoms with Crippen LogP contribution >= 0.6 is 0 Å². The molecule has 1 atom stereocenters. The van der Waals surface area contributed by atoms with Crippen LogP contribution in [0, 0.1) is 5.92 Å². The number of unbranched alkanes of at least 4 members (excludes halogenated alkanes) is 9. The average Bonchev–Trinajstić information content (AvgIpc) is 2.57. The molecule has 0 N–H and O–H groups in total. The van der Waals surface area contributed by atoms with Gasteiger partial charge in [-0.05, 0) is 32.8 Å². The molecule has 0 aromatic heterocycles. The number of hydrogen-bond donors (Lipinski definition) is 0. The van der Waals surface area contributed by atoms with Gasteiger partial charge in [-0.3, -0.25) is 0 Å². The van der Waals surface area contributed by atoms with E-state index in [2.05, 4.69) is 32.0 Å². The molecule has 0 amide bonds. The summed E-state index contributed by atoms with van der Waals surface area (Å²) in [5.41, 5.74) is 0. The lowest BCUT2D eigenvalue weighted by molar-refractivity contribution is 0.177. The van der Waals surface area contributed by atoms with Crippen molar-refractivity contribution in [1.82, 2.24) is 0 Å². The first kappa shape index (κ1) is 22.2. The minimum Gasteiger partial charge on any atom is -0.362 e. The van der Waals surface area contributed by atoms with Crippen molar-refractivity contribution in [1.29, 1.82) is 0 Å². The van der Waals surface area contributed by atoms with Crippen LogP contribution in [0.4, 0.5) is 0 Å². The normalized spacial score (nSPS) is 13.7. The van der Waals surface area contributed by atoms with Crippen molar-refractivity contribution >= 4 is 6.21 Å². The van der Waals surface area contributed by atoms with Crippen LogP contribution in [0.15, 0.2) is 17.0 Å². The maximum absolute atomic E-state index is 5.61. The van der Waals surface area contributed by atoms with E-state index >= 15 is 0 Å². The molecule has 0 saturated heterocycles. The molecular weight excluding hydrogens is 282 g/mol. The van der Waals surface area contributed by atoms with E-state index in [9.17, 15) is 0 Å². The van der Waals surface area contributed by atoms with E-state index in [-0.39, 0.29) is 0 Å². The van der Waals surface area contributed by atoms with Crippen LogP contribution in [-0.4, -0.2) is 6.21 Å². The van der Waals surface area contributed by atoms with Gasteiger partial charge in [-0.1, -0.05) is 89.6 Å². The summed E-state index contributed by atoms with van der Waals surface area (Å²) in [4.78, 5) is 5.61. The summed E-state index contributed by atoms with van der Waals surface area (Å²) in [6.45, 7) is 8.53. The minimum absolute atomic E-state index is 0.552. The fraction of sp³-hybridized carbons (Fsp3) is 0.857. The maximum atomic E-state index is 5.61. The molecule has 0 bridgehead atoms.